The number of nitro benzene ring substituents is 2. The van der Waals surface area contributed by atoms with Crippen LogP contribution in [0.2, 0.25) is 0 Å². The van der Waals surface area contributed by atoms with Gasteiger partial charge in [0.25, 0.3) is 11.4 Å². The van der Waals surface area contributed by atoms with Crippen molar-refractivity contribution in [3.8, 4) is 11.1 Å². The van der Waals surface area contributed by atoms with Crippen LogP contribution in [-0.4, -0.2) is 9.85 Å². The lowest BCUT2D eigenvalue weighted by Crippen LogP contribution is -2.00. The molecular formula is C12H8Br2N4O4. The maximum absolute atomic E-state index is 11.2. The van der Waals surface area contributed by atoms with Crippen LogP contribution in [0, 0.1) is 20.2 Å². The average molecular weight is 432 g/mol. The fourth-order valence-corrected chi connectivity index (χ4v) is 2.73. The fourth-order valence-electron chi connectivity index (χ4n) is 1.90. The molecule has 0 radical (unpaired) electrons. The second-order valence-electron chi connectivity index (χ2n) is 4.30. The zero-order valence-corrected chi connectivity index (χ0v) is 13.9. The lowest BCUT2D eigenvalue weighted by atomic mass is 10.0. The molecule has 0 amide bonds. The van der Waals surface area contributed by atoms with Crippen molar-refractivity contribution in [2.75, 3.05) is 11.5 Å². The van der Waals surface area contributed by atoms with E-state index >= 15 is 0 Å². The van der Waals surface area contributed by atoms with E-state index < -0.39 is 9.85 Å². The van der Waals surface area contributed by atoms with E-state index in [1.165, 1.54) is 24.3 Å². The molecule has 4 N–H and O–H groups in total. The van der Waals surface area contributed by atoms with Crippen LogP contribution in [-0.2, 0) is 0 Å². The van der Waals surface area contributed by atoms with Crippen LogP contribution in [0.25, 0.3) is 11.1 Å². The van der Waals surface area contributed by atoms with E-state index in [-0.39, 0.29) is 38.3 Å². The van der Waals surface area contributed by atoms with Crippen LogP contribution >= 0.6 is 31.9 Å². The summed E-state index contributed by atoms with van der Waals surface area (Å²) >= 11 is 6.15. The Hall–Kier alpha value is -2.20. The van der Waals surface area contributed by atoms with Gasteiger partial charge in [0.1, 0.15) is 0 Å². The fraction of sp³-hybridized carbons (Fsp3) is 0. The number of nitrogens with zero attached hydrogens (tertiary/aromatic N) is 2. The number of nitro groups is 2. The Labute approximate surface area is 140 Å². The number of nitrogens with two attached hydrogens (primary N) is 2. The Bertz CT molecular complexity index is 810. The Morgan fingerprint density at radius 2 is 1.36 bits per heavy atom. The lowest BCUT2D eigenvalue weighted by molar-refractivity contribution is -0.385. The third-order valence-corrected chi connectivity index (χ3v) is 4.24. The van der Waals surface area contributed by atoms with Crippen LogP contribution in [0.5, 0.6) is 0 Å². The molecule has 0 bridgehead atoms. The number of halogens is 2. The monoisotopic (exact) mass is 430 g/mol. The maximum Gasteiger partial charge on any atom is 0.284 e. The van der Waals surface area contributed by atoms with Gasteiger partial charge >= 0.3 is 0 Å². The molecular weight excluding hydrogens is 424 g/mol. The van der Waals surface area contributed by atoms with Crippen LogP contribution in [0.1, 0.15) is 0 Å². The van der Waals surface area contributed by atoms with E-state index in [1.807, 2.05) is 0 Å². The Balaban J connectivity index is 2.81. The van der Waals surface area contributed by atoms with Crippen molar-refractivity contribution >= 4 is 54.6 Å². The van der Waals surface area contributed by atoms with Crippen molar-refractivity contribution in [2.24, 2.45) is 0 Å². The molecule has 0 fully saturated rings. The molecule has 2 aromatic rings. The summed E-state index contributed by atoms with van der Waals surface area (Å²) in [6.07, 6.45) is 0. The highest BCUT2D eigenvalue weighted by atomic mass is 79.9. The van der Waals surface area contributed by atoms with Crippen LogP contribution in [0.3, 0.4) is 0 Å². The van der Waals surface area contributed by atoms with Gasteiger partial charge in [-0.25, -0.2) is 0 Å². The number of anilines is 2. The Morgan fingerprint density at radius 1 is 0.773 bits per heavy atom. The van der Waals surface area contributed by atoms with E-state index in [0.717, 1.165) is 0 Å². The van der Waals surface area contributed by atoms with Gasteiger partial charge in [-0.1, -0.05) is 0 Å². The quantitative estimate of drug-likeness (QED) is 0.429. The zero-order chi connectivity index (χ0) is 16.6. The second kappa shape index (κ2) is 5.89. The summed E-state index contributed by atoms with van der Waals surface area (Å²) in [5, 5.41) is 22.2. The minimum Gasteiger partial charge on any atom is -0.398 e. The van der Waals surface area contributed by atoms with Gasteiger partial charge in [0, 0.05) is 33.5 Å². The van der Waals surface area contributed by atoms with Gasteiger partial charge < -0.3 is 11.5 Å². The predicted octanol–water partition coefficient (Wildman–Crippen LogP) is 3.86. The van der Waals surface area contributed by atoms with Gasteiger partial charge in [-0.2, -0.15) is 0 Å². The summed E-state index contributed by atoms with van der Waals surface area (Å²) in [4.78, 5) is 21.0. The minimum absolute atomic E-state index is 0.110. The predicted molar refractivity (Wildman–Crippen MR) is 89.4 cm³/mol. The number of nitrogen functional groups attached to an aromatic ring is 2. The molecule has 2 rings (SSSR count). The van der Waals surface area contributed by atoms with Crippen molar-refractivity contribution < 1.29 is 9.85 Å². The van der Waals surface area contributed by atoms with E-state index in [1.54, 1.807) is 0 Å². The molecule has 0 aliphatic heterocycles. The van der Waals surface area contributed by atoms with Gasteiger partial charge in [-0.15, -0.1) is 0 Å². The highest BCUT2D eigenvalue weighted by Gasteiger charge is 2.23. The first-order valence-corrected chi connectivity index (χ1v) is 7.28. The van der Waals surface area contributed by atoms with E-state index in [2.05, 4.69) is 31.9 Å². The van der Waals surface area contributed by atoms with Crippen LogP contribution < -0.4 is 11.5 Å². The Morgan fingerprint density at radius 3 is 1.91 bits per heavy atom. The average Bonchev–Trinajstić information content (AvgIpc) is 2.41. The molecule has 22 heavy (non-hydrogen) atoms. The van der Waals surface area contributed by atoms with Gasteiger partial charge in [0.15, 0.2) is 0 Å². The third-order valence-electron chi connectivity index (χ3n) is 2.92. The number of hydrogen-bond donors (Lipinski definition) is 2. The molecule has 0 heterocycles. The molecule has 2 aromatic carbocycles. The minimum atomic E-state index is -0.610. The molecule has 0 saturated heterocycles. The largest absolute Gasteiger partial charge is 0.398 e. The van der Waals surface area contributed by atoms with E-state index in [4.69, 9.17) is 11.5 Å². The van der Waals surface area contributed by atoms with Crippen molar-refractivity contribution in [3.05, 3.63) is 53.4 Å². The van der Waals surface area contributed by atoms with Crippen LogP contribution in [0.4, 0.5) is 22.7 Å². The molecule has 0 spiro atoms. The highest BCUT2D eigenvalue weighted by molar-refractivity contribution is 9.11. The van der Waals surface area contributed by atoms with Gasteiger partial charge in [-0.05, 0) is 44.0 Å². The summed E-state index contributed by atoms with van der Waals surface area (Å²) in [6.45, 7) is 0. The summed E-state index contributed by atoms with van der Waals surface area (Å²) in [5.41, 5.74) is 11.8. The molecule has 8 nitrogen and oxygen atoms in total. The first kappa shape index (κ1) is 16.2. The summed E-state index contributed by atoms with van der Waals surface area (Å²) < 4.78 is 0.541. The molecule has 0 aliphatic rings. The van der Waals surface area contributed by atoms with Crippen molar-refractivity contribution in [1.82, 2.24) is 0 Å². The molecule has 10 heteroatoms. The summed E-state index contributed by atoms with van der Waals surface area (Å²) in [7, 11) is 0. The van der Waals surface area contributed by atoms with E-state index in [9.17, 15) is 20.2 Å². The third kappa shape index (κ3) is 2.88. The topological polar surface area (TPSA) is 138 Å². The smallest absolute Gasteiger partial charge is 0.284 e. The summed E-state index contributed by atoms with van der Waals surface area (Å²) in [5.74, 6) is 0. The summed E-state index contributed by atoms with van der Waals surface area (Å²) in [6, 6.07) is 5.09. The van der Waals surface area contributed by atoms with Crippen LogP contribution in [0.15, 0.2) is 33.2 Å². The number of hydrogen-bond acceptors (Lipinski definition) is 6. The molecule has 0 atom stereocenters. The normalized spacial score (nSPS) is 10.5. The van der Waals surface area contributed by atoms with Gasteiger partial charge in [0.2, 0.25) is 0 Å². The van der Waals surface area contributed by atoms with Gasteiger partial charge in [0.05, 0.1) is 19.9 Å². The molecule has 0 aromatic heterocycles. The molecule has 0 unspecified atom stereocenters. The van der Waals surface area contributed by atoms with Crippen molar-refractivity contribution in [3.63, 3.8) is 0 Å². The van der Waals surface area contributed by atoms with Crippen molar-refractivity contribution in [2.45, 2.75) is 0 Å². The van der Waals surface area contributed by atoms with E-state index in [0.29, 0.717) is 4.47 Å². The maximum atomic E-state index is 11.2. The van der Waals surface area contributed by atoms with Gasteiger partial charge in [-0.3, -0.25) is 20.2 Å². The van der Waals surface area contributed by atoms with Crippen molar-refractivity contribution in [1.29, 1.82) is 0 Å². The number of rotatable bonds is 3. The SMILES string of the molecule is Nc1cc(-c2cc([N+](=O)[O-])c(Br)cc2N)c([N+](=O)[O-])cc1Br. The first-order valence-electron chi connectivity index (χ1n) is 5.69. The highest BCUT2D eigenvalue weighted by Crippen LogP contribution is 2.41. The second-order valence-corrected chi connectivity index (χ2v) is 6.00. The molecule has 0 saturated carbocycles. The zero-order valence-electron chi connectivity index (χ0n) is 10.7. The lowest BCUT2D eigenvalue weighted by Gasteiger charge is -2.10. The standard InChI is InChI=1S/C12H8Br2N4O4/c13-7-4-11(17(19)20)6(1-10(7)16)5-2-12(18(21)22)8(14)3-9(5)15/h1-4H,15-16H2. The Kier molecular flexibility index (Phi) is 4.33. The molecule has 114 valence electrons. The molecule has 0 aliphatic carbocycles. The first-order chi connectivity index (χ1) is 10.2. The number of benzene rings is 2.